The number of rotatable bonds is 4. The van der Waals surface area contributed by atoms with Gasteiger partial charge in [-0.25, -0.2) is 17.2 Å². The Morgan fingerprint density at radius 2 is 1.67 bits per heavy atom. The van der Waals surface area contributed by atoms with Gasteiger partial charge >= 0.3 is 5.88 Å². The molecule has 1 aromatic carbocycles. The summed E-state index contributed by atoms with van der Waals surface area (Å²) in [7, 11) is -4.41. The van der Waals surface area contributed by atoms with Crippen LogP contribution in [0.4, 0.5) is 14.7 Å². The molecule has 1 aromatic heterocycles. The average Bonchev–Trinajstić information content (AvgIpc) is 3.11. The first-order chi connectivity index (χ1) is 12.7. The molecule has 2 heterocycles. The van der Waals surface area contributed by atoms with E-state index in [-0.39, 0.29) is 31.9 Å². The van der Waals surface area contributed by atoms with Gasteiger partial charge in [0, 0.05) is 26.2 Å². The van der Waals surface area contributed by atoms with Gasteiger partial charge in [-0.2, -0.15) is 4.31 Å². The minimum atomic E-state index is -4.41. The van der Waals surface area contributed by atoms with Gasteiger partial charge < -0.3 is 9.32 Å². The topological polar surface area (TPSA) is 114 Å². The van der Waals surface area contributed by atoms with E-state index in [2.05, 4.69) is 0 Å². The standard InChI is InChI=1S/C15H13F2N3O6S/c16-10-2-1-3-11(17)14(10)27(24,25)19-8-6-18(7-9-19)15(21)12-4-5-13(26-12)20(22)23/h1-5H,6-9H2. The second-order valence-electron chi connectivity index (χ2n) is 5.64. The third-order valence-corrected chi connectivity index (χ3v) is 5.98. The Morgan fingerprint density at radius 3 is 2.19 bits per heavy atom. The van der Waals surface area contributed by atoms with E-state index in [1.165, 1.54) is 4.90 Å². The van der Waals surface area contributed by atoms with Crippen molar-refractivity contribution in [3.8, 4) is 0 Å². The maximum Gasteiger partial charge on any atom is 0.433 e. The third-order valence-electron chi connectivity index (χ3n) is 4.03. The minimum absolute atomic E-state index is 0.0668. The molecule has 1 fully saturated rings. The van der Waals surface area contributed by atoms with Gasteiger partial charge in [0.1, 0.15) is 16.6 Å². The summed E-state index contributed by atoms with van der Waals surface area (Å²) < 4.78 is 58.4. The first-order valence-electron chi connectivity index (χ1n) is 7.69. The van der Waals surface area contributed by atoms with E-state index in [0.29, 0.717) is 0 Å². The molecular weight excluding hydrogens is 388 g/mol. The summed E-state index contributed by atoms with van der Waals surface area (Å²) in [5.74, 6) is -3.88. The average molecular weight is 401 g/mol. The molecule has 2 aromatic rings. The van der Waals surface area contributed by atoms with Gasteiger partial charge in [-0.15, -0.1) is 0 Å². The Labute approximate surface area is 152 Å². The van der Waals surface area contributed by atoms with Crippen molar-refractivity contribution in [2.75, 3.05) is 26.2 Å². The number of nitro groups is 1. The SMILES string of the molecule is O=C(c1ccc([N+](=O)[O-])o1)N1CCN(S(=O)(=O)c2c(F)cccc2F)CC1. The monoisotopic (exact) mass is 401 g/mol. The van der Waals surface area contributed by atoms with Crippen molar-refractivity contribution in [1.82, 2.24) is 9.21 Å². The Bertz CT molecular complexity index is 978. The van der Waals surface area contributed by atoms with Crippen molar-refractivity contribution in [3.05, 3.63) is 57.8 Å². The molecule has 27 heavy (non-hydrogen) atoms. The van der Waals surface area contributed by atoms with E-state index < -0.39 is 43.3 Å². The van der Waals surface area contributed by atoms with Crippen LogP contribution >= 0.6 is 0 Å². The molecule has 144 valence electrons. The summed E-state index contributed by atoms with van der Waals surface area (Å²) in [6.45, 7) is -0.513. The van der Waals surface area contributed by atoms with Crippen LogP contribution < -0.4 is 0 Å². The van der Waals surface area contributed by atoms with Crippen LogP contribution in [0.15, 0.2) is 39.6 Å². The Kier molecular flexibility index (Phi) is 4.93. The number of piperazine rings is 1. The molecule has 0 bridgehead atoms. The molecule has 0 radical (unpaired) electrons. The minimum Gasteiger partial charge on any atom is -0.395 e. The second kappa shape index (κ2) is 7.04. The van der Waals surface area contributed by atoms with Gasteiger partial charge in [0.2, 0.25) is 10.0 Å². The highest BCUT2D eigenvalue weighted by Crippen LogP contribution is 2.24. The normalized spacial score (nSPS) is 15.7. The van der Waals surface area contributed by atoms with Crippen LogP contribution in [0.1, 0.15) is 10.6 Å². The molecule has 0 spiro atoms. The fourth-order valence-corrected chi connectivity index (χ4v) is 4.22. The molecular formula is C15H13F2N3O6S. The van der Waals surface area contributed by atoms with Gasteiger partial charge in [0.05, 0.1) is 6.07 Å². The number of nitrogens with zero attached hydrogens (tertiary/aromatic N) is 3. The number of furan rings is 1. The highest BCUT2D eigenvalue weighted by molar-refractivity contribution is 7.89. The smallest absolute Gasteiger partial charge is 0.395 e. The fourth-order valence-electron chi connectivity index (χ4n) is 2.69. The molecule has 0 saturated carbocycles. The zero-order valence-corrected chi connectivity index (χ0v) is 14.5. The predicted molar refractivity (Wildman–Crippen MR) is 86.4 cm³/mol. The van der Waals surface area contributed by atoms with E-state index in [4.69, 9.17) is 4.42 Å². The lowest BCUT2D eigenvalue weighted by Gasteiger charge is -2.33. The van der Waals surface area contributed by atoms with Crippen molar-refractivity contribution < 1.29 is 31.3 Å². The van der Waals surface area contributed by atoms with E-state index in [0.717, 1.165) is 34.6 Å². The lowest BCUT2D eigenvalue weighted by Crippen LogP contribution is -2.50. The number of hydrogen-bond acceptors (Lipinski definition) is 6. The van der Waals surface area contributed by atoms with Gasteiger partial charge in [-0.3, -0.25) is 14.9 Å². The molecule has 3 rings (SSSR count). The summed E-state index contributed by atoms with van der Waals surface area (Å²) in [6, 6.07) is 4.94. The van der Waals surface area contributed by atoms with Crippen LogP contribution in [0.5, 0.6) is 0 Å². The van der Waals surface area contributed by atoms with Crippen LogP contribution in [-0.2, 0) is 10.0 Å². The summed E-state index contributed by atoms with van der Waals surface area (Å²) >= 11 is 0. The number of amides is 1. The van der Waals surface area contributed by atoms with Gasteiger partial charge in [-0.05, 0) is 18.2 Å². The summed E-state index contributed by atoms with van der Waals surface area (Å²) in [6.07, 6.45) is 0. The molecule has 1 amide bonds. The van der Waals surface area contributed by atoms with Gasteiger partial charge in [0.15, 0.2) is 10.7 Å². The number of sulfonamides is 1. The van der Waals surface area contributed by atoms with Gasteiger partial charge in [0.25, 0.3) is 5.91 Å². The highest BCUT2D eigenvalue weighted by atomic mass is 32.2. The van der Waals surface area contributed by atoms with E-state index in [1.54, 1.807) is 0 Å². The first-order valence-corrected chi connectivity index (χ1v) is 9.13. The number of halogens is 2. The quantitative estimate of drug-likeness (QED) is 0.568. The molecule has 0 aliphatic carbocycles. The fraction of sp³-hybridized carbons (Fsp3) is 0.267. The Balaban J connectivity index is 1.73. The van der Waals surface area contributed by atoms with Crippen LogP contribution in [0.2, 0.25) is 0 Å². The molecule has 9 nitrogen and oxygen atoms in total. The molecule has 0 unspecified atom stereocenters. The van der Waals surface area contributed by atoms with Crippen molar-refractivity contribution in [3.63, 3.8) is 0 Å². The third kappa shape index (κ3) is 3.53. The lowest BCUT2D eigenvalue weighted by molar-refractivity contribution is -0.402. The van der Waals surface area contributed by atoms with E-state index in [1.807, 2.05) is 0 Å². The summed E-state index contributed by atoms with van der Waals surface area (Å²) in [5.41, 5.74) is 0. The molecule has 0 atom stereocenters. The van der Waals surface area contributed by atoms with E-state index in [9.17, 15) is 32.1 Å². The predicted octanol–water partition coefficient (Wildman–Crippen LogP) is 1.61. The van der Waals surface area contributed by atoms with Crippen LogP contribution in [0, 0.1) is 21.7 Å². The van der Waals surface area contributed by atoms with Gasteiger partial charge in [-0.1, -0.05) is 6.07 Å². The maximum atomic E-state index is 13.8. The number of hydrogen-bond donors (Lipinski definition) is 0. The zero-order chi connectivity index (χ0) is 19.8. The van der Waals surface area contributed by atoms with Crippen molar-refractivity contribution in [2.45, 2.75) is 4.90 Å². The van der Waals surface area contributed by atoms with Crippen molar-refractivity contribution >= 4 is 21.8 Å². The number of benzene rings is 1. The van der Waals surface area contributed by atoms with Crippen LogP contribution in [0.3, 0.4) is 0 Å². The molecule has 1 saturated heterocycles. The first kappa shape index (κ1) is 18.9. The largest absolute Gasteiger partial charge is 0.433 e. The Hall–Kier alpha value is -2.86. The Morgan fingerprint density at radius 1 is 1.07 bits per heavy atom. The lowest BCUT2D eigenvalue weighted by atomic mass is 10.3. The zero-order valence-electron chi connectivity index (χ0n) is 13.7. The van der Waals surface area contributed by atoms with Crippen LogP contribution in [-0.4, -0.2) is 54.6 Å². The number of carbonyl (C=O) groups excluding carboxylic acids is 1. The molecule has 12 heteroatoms. The maximum absolute atomic E-state index is 13.8. The summed E-state index contributed by atoms with van der Waals surface area (Å²) in [5, 5.41) is 10.6. The number of carbonyl (C=O) groups is 1. The summed E-state index contributed by atoms with van der Waals surface area (Å²) in [4.78, 5) is 22.3. The van der Waals surface area contributed by atoms with Crippen LogP contribution in [0.25, 0.3) is 0 Å². The van der Waals surface area contributed by atoms with Crippen molar-refractivity contribution in [2.24, 2.45) is 0 Å². The van der Waals surface area contributed by atoms with Crippen molar-refractivity contribution in [1.29, 1.82) is 0 Å². The molecule has 1 aliphatic rings. The molecule has 0 N–H and O–H groups in total. The highest BCUT2D eigenvalue weighted by Gasteiger charge is 2.35. The second-order valence-corrected chi connectivity index (χ2v) is 7.52. The molecule has 1 aliphatic heterocycles. The van der Waals surface area contributed by atoms with E-state index >= 15 is 0 Å².